The van der Waals surface area contributed by atoms with Gasteiger partial charge in [-0.15, -0.1) is 0 Å². The first-order valence-corrected chi connectivity index (χ1v) is 9.21. The van der Waals surface area contributed by atoms with Crippen molar-refractivity contribution in [2.24, 2.45) is 0 Å². The topological polar surface area (TPSA) is 93.4 Å². The Morgan fingerprint density at radius 1 is 1.14 bits per heavy atom. The summed E-state index contributed by atoms with van der Waals surface area (Å²) in [5.74, 6) is -0.406. The summed E-state index contributed by atoms with van der Waals surface area (Å²) in [4.78, 5) is 42.3. The lowest BCUT2D eigenvalue weighted by Gasteiger charge is -2.38. The molecule has 7 heteroatoms. The van der Waals surface area contributed by atoms with Crippen molar-refractivity contribution in [1.82, 2.24) is 4.98 Å². The Bertz CT molecular complexity index is 1010. The molecule has 1 unspecified atom stereocenters. The Morgan fingerprint density at radius 2 is 1.89 bits per heavy atom. The number of Topliss-reactive ketones (excluding diaryl/α,β-unsaturated/α-hetero) is 1. The second-order valence-corrected chi connectivity index (χ2v) is 7.13. The second-order valence-electron chi connectivity index (χ2n) is 7.13. The molecule has 1 aromatic carbocycles. The number of aromatic nitrogens is 1. The molecule has 7 nitrogen and oxygen atoms in total. The number of allylic oxidation sites excluding steroid dienone is 2. The fourth-order valence-electron chi connectivity index (χ4n) is 4.11. The average molecular weight is 377 g/mol. The zero-order chi connectivity index (χ0) is 19.8. The molecule has 0 N–H and O–H groups in total. The van der Waals surface area contributed by atoms with Crippen LogP contribution in [0.25, 0.3) is 0 Å². The number of anilines is 1. The Labute approximate surface area is 161 Å². The normalized spacial score (nSPS) is 19.6. The van der Waals surface area contributed by atoms with E-state index in [2.05, 4.69) is 4.98 Å². The molecule has 1 amide bonds. The molecule has 2 aromatic rings. The van der Waals surface area contributed by atoms with Gasteiger partial charge in [0.25, 0.3) is 5.69 Å². The van der Waals surface area contributed by atoms with Gasteiger partial charge in [0.05, 0.1) is 10.6 Å². The van der Waals surface area contributed by atoms with Crippen molar-refractivity contribution in [1.29, 1.82) is 0 Å². The number of ketones is 1. The number of amides is 1. The number of non-ortho nitro benzene ring substituents is 1. The number of hydrogen-bond donors (Lipinski definition) is 0. The maximum absolute atomic E-state index is 13.2. The SMILES string of the molecule is Cc1ccc([N+](=O)[O-])cc1N1C(=O)CC(c2ccncc2)C2=C1CCCC2=O. The molecular weight excluding hydrogens is 358 g/mol. The summed E-state index contributed by atoms with van der Waals surface area (Å²) < 4.78 is 0. The molecule has 0 bridgehead atoms. The molecule has 1 aliphatic heterocycles. The zero-order valence-corrected chi connectivity index (χ0v) is 15.4. The van der Waals surface area contributed by atoms with Gasteiger partial charge in [-0.3, -0.25) is 29.6 Å². The second kappa shape index (κ2) is 6.99. The number of hydrogen-bond acceptors (Lipinski definition) is 5. The number of rotatable bonds is 3. The van der Waals surface area contributed by atoms with E-state index in [0.29, 0.717) is 36.2 Å². The smallest absolute Gasteiger partial charge is 0.271 e. The Morgan fingerprint density at radius 3 is 2.61 bits per heavy atom. The van der Waals surface area contributed by atoms with Crippen molar-refractivity contribution in [3.8, 4) is 0 Å². The molecule has 2 heterocycles. The molecule has 0 spiro atoms. The van der Waals surface area contributed by atoms with Gasteiger partial charge < -0.3 is 0 Å². The van der Waals surface area contributed by atoms with Crippen LogP contribution in [0, 0.1) is 17.0 Å². The molecule has 4 rings (SSSR count). The molecule has 2 aliphatic rings. The van der Waals surface area contributed by atoms with Gasteiger partial charge in [-0.1, -0.05) is 6.07 Å². The van der Waals surface area contributed by atoms with E-state index in [4.69, 9.17) is 0 Å². The number of benzene rings is 1. The van der Waals surface area contributed by atoms with Crippen LogP contribution in [0.3, 0.4) is 0 Å². The summed E-state index contributed by atoms with van der Waals surface area (Å²) in [6.07, 6.45) is 5.18. The summed E-state index contributed by atoms with van der Waals surface area (Å²) >= 11 is 0. The van der Waals surface area contributed by atoms with Gasteiger partial charge >= 0.3 is 0 Å². The quantitative estimate of drug-likeness (QED) is 0.599. The highest BCUT2D eigenvalue weighted by molar-refractivity contribution is 6.07. The van der Waals surface area contributed by atoms with E-state index in [-0.39, 0.29) is 29.7 Å². The maximum Gasteiger partial charge on any atom is 0.271 e. The standard InChI is InChI=1S/C21H19N3O4/c1-13-5-6-15(24(27)28)11-18(13)23-17-3-2-4-19(25)21(17)16(12-20(23)26)14-7-9-22-10-8-14/h5-11,16H,2-4,12H2,1H3. The van der Waals surface area contributed by atoms with Gasteiger partial charge in [-0.05, 0) is 43.0 Å². The van der Waals surface area contributed by atoms with Gasteiger partial charge in [0.2, 0.25) is 5.91 Å². The Kier molecular flexibility index (Phi) is 4.50. The molecule has 1 aliphatic carbocycles. The highest BCUT2D eigenvalue weighted by Crippen LogP contribution is 2.44. The minimum absolute atomic E-state index is 0.0450. The number of nitro benzene ring substituents is 1. The summed E-state index contributed by atoms with van der Waals surface area (Å²) in [7, 11) is 0. The van der Waals surface area contributed by atoms with Crippen molar-refractivity contribution in [3.05, 3.63) is 75.2 Å². The molecule has 0 radical (unpaired) electrons. The molecule has 28 heavy (non-hydrogen) atoms. The third-order valence-electron chi connectivity index (χ3n) is 5.43. The lowest BCUT2D eigenvalue weighted by atomic mass is 9.77. The third-order valence-corrected chi connectivity index (χ3v) is 5.43. The fraction of sp³-hybridized carbons (Fsp3) is 0.286. The van der Waals surface area contributed by atoms with Crippen molar-refractivity contribution in [3.63, 3.8) is 0 Å². The zero-order valence-electron chi connectivity index (χ0n) is 15.4. The van der Waals surface area contributed by atoms with E-state index < -0.39 is 4.92 Å². The van der Waals surface area contributed by atoms with E-state index in [1.165, 1.54) is 17.0 Å². The van der Waals surface area contributed by atoms with Crippen molar-refractivity contribution in [2.75, 3.05) is 4.90 Å². The van der Waals surface area contributed by atoms with Crippen LogP contribution in [0.5, 0.6) is 0 Å². The largest absolute Gasteiger partial charge is 0.294 e. The first-order chi connectivity index (χ1) is 13.5. The predicted octanol–water partition coefficient (Wildman–Crippen LogP) is 3.83. The average Bonchev–Trinajstić information content (AvgIpc) is 2.69. The first kappa shape index (κ1) is 18.0. The van der Waals surface area contributed by atoms with Crippen molar-refractivity contribution in [2.45, 2.75) is 38.5 Å². The van der Waals surface area contributed by atoms with Crippen LogP contribution >= 0.6 is 0 Å². The van der Waals surface area contributed by atoms with E-state index in [1.54, 1.807) is 18.5 Å². The van der Waals surface area contributed by atoms with Gasteiger partial charge in [0.1, 0.15) is 0 Å². The lowest BCUT2D eigenvalue weighted by molar-refractivity contribution is -0.384. The first-order valence-electron chi connectivity index (χ1n) is 9.21. The van der Waals surface area contributed by atoms with Crippen LogP contribution < -0.4 is 4.90 Å². The van der Waals surface area contributed by atoms with Crippen LogP contribution in [0.1, 0.15) is 42.7 Å². The number of aryl methyl sites for hydroxylation is 1. The molecule has 142 valence electrons. The highest BCUT2D eigenvalue weighted by atomic mass is 16.6. The maximum atomic E-state index is 13.2. The Hall–Kier alpha value is -3.35. The highest BCUT2D eigenvalue weighted by Gasteiger charge is 2.40. The van der Waals surface area contributed by atoms with Crippen LogP contribution in [0.4, 0.5) is 11.4 Å². The van der Waals surface area contributed by atoms with Gasteiger partial charge in [0.15, 0.2) is 5.78 Å². The van der Waals surface area contributed by atoms with Crippen molar-refractivity contribution >= 4 is 23.1 Å². The molecule has 0 saturated heterocycles. The van der Waals surface area contributed by atoms with Gasteiger partial charge in [0, 0.05) is 54.6 Å². The summed E-state index contributed by atoms with van der Waals surface area (Å²) in [5.41, 5.74) is 3.39. The summed E-state index contributed by atoms with van der Waals surface area (Å²) in [6, 6.07) is 8.15. The van der Waals surface area contributed by atoms with E-state index in [1.807, 2.05) is 19.1 Å². The third kappa shape index (κ3) is 2.98. The molecule has 0 saturated carbocycles. The van der Waals surface area contributed by atoms with Crippen LogP contribution in [0.2, 0.25) is 0 Å². The minimum atomic E-state index is -0.474. The van der Waals surface area contributed by atoms with Gasteiger partial charge in [-0.2, -0.15) is 0 Å². The van der Waals surface area contributed by atoms with E-state index >= 15 is 0 Å². The molecule has 0 fully saturated rings. The number of nitro groups is 1. The number of carbonyl (C=O) groups is 2. The van der Waals surface area contributed by atoms with Gasteiger partial charge in [-0.25, -0.2) is 0 Å². The number of carbonyl (C=O) groups excluding carboxylic acids is 2. The predicted molar refractivity (Wildman–Crippen MR) is 103 cm³/mol. The van der Waals surface area contributed by atoms with Crippen molar-refractivity contribution < 1.29 is 14.5 Å². The van der Waals surface area contributed by atoms with Crippen LogP contribution in [-0.4, -0.2) is 21.6 Å². The minimum Gasteiger partial charge on any atom is -0.294 e. The Balaban J connectivity index is 1.89. The van der Waals surface area contributed by atoms with Crippen LogP contribution in [0.15, 0.2) is 54.0 Å². The number of pyridine rings is 1. The fourth-order valence-corrected chi connectivity index (χ4v) is 4.11. The van der Waals surface area contributed by atoms with E-state index in [0.717, 1.165) is 11.1 Å². The molecular formula is C21H19N3O4. The molecule has 1 atom stereocenters. The molecule has 1 aromatic heterocycles. The lowest BCUT2D eigenvalue weighted by Crippen LogP contribution is -2.40. The summed E-state index contributed by atoms with van der Waals surface area (Å²) in [6.45, 7) is 1.81. The summed E-state index contributed by atoms with van der Waals surface area (Å²) in [5, 5.41) is 11.2. The van der Waals surface area contributed by atoms with E-state index in [9.17, 15) is 19.7 Å². The number of nitrogens with zero attached hydrogens (tertiary/aromatic N) is 3. The van der Waals surface area contributed by atoms with Crippen LogP contribution in [-0.2, 0) is 9.59 Å². The monoisotopic (exact) mass is 377 g/mol.